The maximum absolute atomic E-state index is 13.0. The fraction of sp³-hybridized carbons (Fsp3) is 0.458. The van der Waals surface area contributed by atoms with Crippen LogP contribution >= 0.6 is 0 Å². The quantitative estimate of drug-likeness (QED) is 0.702. The Morgan fingerprint density at radius 3 is 2.97 bits per heavy atom. The van der Waals surface area contributed by atoms with E-state index in [4.69, 9.17) is 9.40 Å². The molecule has 0 amide bonds. The molecule has 3 aromatic rings. The molecule has 7 heteroatoms. The molecule has 1 aromatic carbocycles. The van der Waals surface area contributed by atoms with E-state index in [-0.39, 0.29) is 11.0 Å². The van der Waals surface area contributed by atoms with E-state index in [1.165, 1.54) is 6.42 Å². The van der Waals surface area contributed by atoms with Crippen molar-refractivity contribution in [3.05, 3.63) is 67.4 Å². The van der Waals surface area contributed by atoms with Crippen LogP contribution < -0.4 is 15.9 Å². The zero-order valence-corrected chi connectivity index (χ0v) is 18.1. The van der Waals surface area contributed by atoms with Gasteiger partial charge in [-0.05, 0) is 44.2 Å². The van der Waals surface area contributed by atoms with Crippen molar-refractivity contribution >= 4 is 16.9 Å². The second-order valence-corrected chi connectivity index (χ2v) is 9.06. The standard InChI is InChI=1S/C24H28N4O3/c1-15-5-6-21-19(10-15)22(29)17(14-31-21)12-27-9-7-18-20(13-27)25-24(26-23(18)30)28-8-3-4-16(2)11-28/h5-6,10,14,16H,3-4,7-9,11-13H2,1-2H3,(H,25,26,30). The number of benzene rings is 1. The lowest BCUT2D eigenvalue weighted by atomic mass is 10.0. The zero-order valence-electron chi connectivity index (χ0n) is 18.1. The summed E-state index contributed by atoms with van der Waals surface area (Å²) in [6.07, 6.45) is 4.53. The van der Waals surface area contributed by atoms with Crippen LogP contribution in [0.2, 0.25) is 0 Å². The molecule has 0 saturated carbocycles. The molecule has 5 rings (SSSR count). The first-order valence-corrected chi connectivity index (χ1v) is 11.1. The van der Waals surface area contributed by atoms with E-state index < -0.39 is 0 Å². The topological polar surface area (TPSA) is 82.4 Å². The number of H-pyrrole nitrogens is 1. The van der Waals surface area contributed by atoms with Gasteiger partial charge < -0.3 is 9.32 Å². The maximum Gasteiger partial charge on any atom is 0.255 e. The third-order valence-corrected chi connectivity index (χ3v) is 6.49. The van der Waals surface area contributed by atoms with Gasteiger partial charge in [0.25, 0.3) is 5.56 Å². The maximum atomic E-state index is 13.0. The van der Waals surface area contributed by atoms with Crippen LogP contribution in [0.5, 0.6) is 0 Å². The summed E-state index contributed by atoms with van der Waals surface area (Å²) in [4.78, 5) is 37.9. The molecular weight excluding hydrogens is 392 g/mol. The number of aryl methyl sites for hydroxylation is 1. The molecule has 7 nitrogen and oxygen atoms in total. The van der Waals surface area contributed by atoms with Crippen LogP contribution in [-0.4, -0.2) is 34.5 Å². The molecule has 162 valence electrons. The zero-order chi connectivity index (χ0) is 21.5. The molecular formula is C24H28N4O3. The molecule has 0 spiro atoms. The highest BCUT2D eigenvalue weighted by atomic mass is 16.3. The van der Waals surface area contributed by atoms with Gasteiger partial charge in [-0.2, -0.15) is 0 Å². The lowest BCUT2D eigenvalue weighted by molar-refractivity contribution is 0.238. The highest BCUT2D eigenvalue weighted by Gasteiger charge is 2.25. The Morgan fingerprint density at radius 1 is 1.26 bits per heavy atom. The normalized spacial score (nSPS) is 19.5. The predicted molar refractivity (Wildman–Crippen MR) is 121 cm³/mol. The summed E-state index contributed by atoms with van der Waals surface area (Å²) in [5.41, 5.74) is 3.85. The van der Waals surface area contributed by atoms with Crippen molar-refractivity contribution < 1.29 is 4.42 Å². The Kier molecular flexibility index (Phi) is 5.14. The second kappa shape index (κ2) is 7.96. The summed E-state index contributed by atoms with van der Waals surface area (Å²) in [5, 5.41) is 0.617. The first-order chi connectivity index (χ1) is 15.0. The number of rotatable bonds is 3. The van der Waals surface area contributed by atoms with Crippen LogP contribution in [0, 0.1) is 12.8 Å². The van der Waals surface area contributed by atoms with Crippen LogP contribution in [0.3, 0.4) is 0 Å². The van der Waals surface area contributed by atoms with Gasteiger partial charge >= 0.3 is 0 Å². The van der Waals surface area contributed by atoms with E-state index in [1.54, 1.807) is 6.26 Å². The molecule has 4 heterocycles. The van der Waals surface area contributed by atoms with Crippen molar-refractivity contribution in [1.82, 2.24) is 14.9 Å². The van der Waals surface area contributed by atoms with Gasteiger partial charge in [0.15, 0.2) is 5.43 Å². The first kappa shape index (κ1) is 20.0. The summed E-state index contributed by atoms with van der Waals surface area (Å²) in [6, 6.07) is 5.66. The molecule has 1 N–H and O–H groups in total. The summed E-state index contributed by atoms with van der Waals surface area (Å²) in [6.45, 7) is 7.80. The number of aromatic amines is 1. The van der Waals surface area contributed by atoms with Crippen LogP contribution in [0.15, 0.2) is 38.5 Å². The Bertz CT molecular complexity index is 1250. The highest BCUT2D eigenvalue weighted by Crippen LogP contribution is 2.22. The number of hydrogen-bond acceptors (Lipinski definition) is 6. The van der Waals surface area contributed by atoms with E-state index >= 15 is 0 Å². The number of hydrogen-bond donors (Lipinski definition) is 1. The van der Waals surface area contributed by atoms with Crippen molar-refractivity contribution in [1.29, 1.82) is 0 Å². The van der Waals surface area contributed by atoms with Crippen LogP contribution in [0.1, 0.15) is 42.1 Å². The second-order valence-electron chi connectivity index (χ2n) is 9.06. The van der Waals surface area contributed by atoms with Crippen molar-refractivity contribution in [2.24, 2.45) is 5.92 Å². The Morgan fingerprint density at radius 2 is 2.13 bits per heavy atom. The SMILES string of the molecule is Cc1ccc2occ(CN3CCc4c(nc(N5CCCC(C)C5)[nH]c4=O)C3)c(=O)c2c1. The van der Waals surface area contributed by atoms with Crippen LogP contribution in [0.4, 0.5) is 5.95 Å². The van der Waals surface area contributed by atoms with Crippen LogP contribution in [-0.2, 0) is 19.5 Å². The van der Waals surface area contributed by atoms with E-state index in [2.05, 4.69) is 21.7 Å². The summed E-state index contributed by atoms with van der Waals surface area (Å²) >= 11 is 0. The highest BCUT2D eigenvalue weighted by molar-refractivity contribution is 5.77. The largest absolute Gasteiger partial charge is 0.464 e. The molecule has 2 aromatic heterocycles. The Labute approximate surface area is 180 Å². The van der Waals surface area contributed by atoms with E-state index in [0.29, 0.717) is 54.5 Å². The van der Waals surface area contributed by atoms with Gasteiger partial charge in [-0.25, -0.2) is 4.98 Å². The average Bonchev–Trinajstić information content (AvgIpc) is 2.76. The lowest BCUT2D eigenvalue weighted by Crippen LogP contribution is -2.40. The average molecular weight is 421 g/mol. The van der Waals surface area contributed by atoms with Crippen LogP contribution in [0.25, 0.3) is 11.0 Å². The van der Waals surface area contributed by atoms with E-state index in [0.717, 1.165) is 36.3 Å². The predicted octanol–water partition coefficient (Wildman–Crippen LogP) is 2.98. The third kappa shape index (κ3) is 3.90. The number of nitrogens with one attached hydrogen (secondary N) is 1. The number of nitrogens with zero attached hydrogens (tertiary/aromatic N) is 3. The van der Waals surface area contributed by atoms with Gasteiger partial charge in [0, 0.05) is 43.9 Å². The molecule has 0 bridgehead atoms. The number of aromatic nitrogens is 2. The fourth-order valence-electron chi connectivity index (χ4n) is 4.78. The lowest BCUT2D eigenvalue weighted by Gasteiger charge is -2.33. The molecule has 2 aliphatic heterocycles. The van der Waals surface area contributed by atoms with Gasteiger partial charge in [-0.3, -0.25) is 19.5 Å². The van der Waals surface area contributed by atoms with Gasteiger partial charge in [0.1, 0.15) is 5.58 Å². The van der Waals surface area contributed by atoms with Crippen molar-refractivity contribution in [2.45, 2.75) is 46.2 Å². The van der Waals surface area contributed by atoms with E-state index in [1.807, 2.05) is 25.1 Å². The summed E-state index contributed by atoms with van der Waals surface area (Å²) in [7, 11) is 0. The molecule has 0 aliphatic carbocycles. The van der Waals surface area contributed by atoms with Gasteiger partial charge in [-0.1, -0.05) is 18.6 Å². The number of piperidine rings is 1. The molecule has 1 atom stereocenters. The minimum Gasteiger partial charge on any atom is -0.464 e. The number of fused-ring (bicyclic) bond motifs is 2. The molecule has 31 heavy (non-hydrogen) atoms. The summed E-state index contributed by atoms with van der Waals surface area (Å²) in [5.74, 6) is 1.28. The first-order valence-electron chi connectivity index (χ1n) is 11.1. The smallest absolute Gasteiger partial charge is 0.255 e. The van der Waals surface area contributed by atoms with E-state index in [9.17, 15) is 9.59 Å². The molecule has 0 radical (unpaired) electrons. The van der Waals surface area contributed by atoms with Crippen molar-refractivity contribution in [3.8, 4) is 0 Å². The minimum absolute atomic E-state index is 0.0117. The Hall–Kier alpha value is -2.93. The fourth-order valence-corrected chi connectivity index (χ4v) is 4.78. The number of anilines is 1. The minimum atomic E-state index is -0.0291. The monoisotopic (exact) mass is 420 g/mol. The molecule has 1 fully saturated rings. The third-order valence-electron chi connectivity index (χ3n) is 6.49. The van der Waals surface area contributed by atoms with Crippen molar-refractivity contribution in [3.63, 3.8) is 0 Å². The Balaban J connectivity index is 1.40. The van der Waals surface area contributed by atoms with Crippen molar-refractivity contribution in [2.75, 3.05) is 24.5 Å². The van der Waals surface area contributed by atoms with Gasteiger partial charge in [0.05, 0.1) is 17.3 Å². The molecule has 1 unspecified atom stereocenters. The molecule has 1 saturated heterocycles. The van der Waals surface area contributed by atoms with Gasteiger partial charge in [-0.15, -0.1) is 0 Å². The molecule has 2 aliphatic rings. The van der Waals surface area contributed by atoms with Gasteiger partial charge in [0.2, 0.25) is 5.95 Å². The summed E-state index contributed by atoms with van der Waals surface area (Å²) < 4.78 is 5.71.